The van der Waals surface area contributed by atoms with E-state index in [4.69, 9.17) is 0 Å². The van der Waals surface area contributed by atoms with Gasteiger partial charge < -0.3 is 0 Å². The van der Waals surface area contributed by atoms with Crippen molar-refractivity contribution in [2.75, 3.05) is 0 Å². The third-order valence-electron chi connectivity index (χ3n) is 7.52. The number of para-hydroxylation sites is 2. The van der Waals surface area contributed by atoms with Gasteiger partial charge in [0, 0.05) is 27.8 Å². The zero-order chi connectivity index (χ0) is 27.7. The van der Waals surface area contributed by atoms with Crippen LogP contribution in [0, 0.1) is 0 Å². The van der Waals surface area contributed by atoms with Gasteiger partial charge in [-0.3, -0.25) is 4.79 Å². The van der Waals surface area contributed by atoms with Crippen molar-refractivity contribution in [3.63, 3.8) is 0 Å². The number of carbonyl (C=O) groups excluding carboxylic acids is 1. The highest BCUT2D eigenvalue weighted by atomic mass is 16.1. The van der Waals surface area contributed by atoms with E-state index in [1.807, 2.05) is 18.2 Å². The largest absolute Gasteiger partial charge is 0.299 e. The monoisotopic (exact) mass is 507 g/mol. The summed E-state index contributed by atoms with van der Waals surface area (Å²) in [4.78, 5) is 12.4. The fraction of sp³-hybridized carbons (Fsp3) is 0.371. The molecule has 0 amide bonds. The van der Waals surface area contributed by atoms with E-state index in [1.165, 1.54) is 33.6 Å². The molecule has 0 bridgehead atoms. The molecule has 0 aliphatic heterocycles. The average Bonchev–Trinajstić information content (AvgIpc) is 3.32. The van der Waals surface area contributed by atoms with Crippen LogP contribution in [0.25, 0.3) is 22.8 Å². The van der Waals surface area contributed by atoms with Crippen LogP contribution in [-0.2, 0) is 0 Å². The maximum atomic E-state index is 12.4. The van der Waals surface area contributed by atoms with Crippen LogP contribution in [0.3, 0.4) is 0 Å². The Balaban J connectivity index is 2.18. The highest BCUT2D eigenvalue weighted by Crippen LogP contribution is 2.36. The molecular formula is C35H43N2O+. The van der Waals surface area contributed by atoms with Gasteiger partial charge in [0.2, 0.25) is 0 Å². The van der Waals surface area contributed by atoms with E-state index in [1.54, 1.807) is 6.92 Å². The Morgan fingerprint density at radius 2 is 1.16 bits per heavy atom. The normalized spacial score (nSPS) is 11.8. The van der Waals surface area contributed by atoms with Crippen LogP contribution in [0.2, 0.25) is 0 Å². The molecular weight excluding hydrogens is 464 g/mol. The van der Waals surface area contributed by atoms with Gasteiger partial charge in [0.15, 0.2) is 5.78 Å². The number of hydrogen-bond acceptors (Lipinski definition) is 1. The molecule has 1 aromatic heterocycles. The van der Waals surface area contributed by atoms with Gasteiger partial charge in [-0.1, -0.05) is 104 Å². The first kappa shape index (κ1) is 27.6. The predicted octanol–water partition coefficient (Wildman–Crippen LogP) is 9.12. The van der Waals surface area contributed by atoms with Crippen molar-refractivity contribution in [3.05, 3.63) is 101 Å². The minimum atomic E-state index is 0.0763. The molecule has 0 aliphatic carbocycles. The van der Waals surface area contributed by atoms with Gasteiger partial charge >= 0.3 is 0 Å². The van der Waals surface area contributed by atoms with E-state index < -0.39 is 0 Å². The highest BCUT2D eigenvalue weighted by Gasteiger charge is 2.31. The Morgan fingerprint density at radius 3 is 1.63 bits per heavy atom. The maximum Gasteiger partial charge on any atom is 0.299 e. The van der Waals surface area contributed by atoms with Gasteiger partial charge in [-0.15, -0.1) is 0 Å². The van der Waals surface area contributed by atoms with Crippen molar-refractivity contribution >= 4 is 5.78 Å². The summed E-state index contributed by atoms with van der Waals surface area (Å²) in [7, 11) is 0. The molecule has 3 heteroatoms. The molecule has 38 heavy (non-hydrogen) atoms. The molecule has 0 N–H and O–H groups in total. The lowest BCUT2D eigenvalue weighted by Crippen LogP contribution is -2.35. The summed E-state index contributed by atoms with van der Waals surface area (Å²) >= 11 is 0. The second kappa shape index (κ2) is 11.1. The van der Waals surface area contributed by atoms with Gasteiger partial charge in [-0.05, 0) is 42.7 Å². The Labute approximate surface area is 229 Å². The number of ketones is 1. The number of aromatic nitrogens is 2. The van der Waals surface area contributed by atoms with Gasteiger partial charge in [0.05, 0.1) is 5.56 Å². The Hall–Kier alpha value is -3.46. The number of imidazole rings is 1. The van der Waals surface area contributed by atoms with Crippen LogP contribution >= 0.6 is 0 Å². The van der Waals surface area contributed by atoms with E-state index in [0.29, 0.717) is 23.7 Å². The number of hydrogen-bond donors (Lipinski definition) is 0. The zero-order valence-electron chi connectivity index (χ0n) is 24.5. The van der Waals surface area contributed by atoms with Crippen molar-refractivity contribution in [2.45, 2.75) is 86.0 Å². The third-order valence-corrected chi connectivity index (χ3v) is 7.52. The second-order valence-corrected chi connectivity index (χ2v) is 11.7. The van der Waals surface area contributed by atoms with Crippen LogP contribution in [-0.4, -0.2) is 10.4 Å². The van der Waals surface area contributed by atoms with E-state index >= 15 is 0 Å². The van der Waals surface area contributed by atoms with Gasteiger partial charge in [0.1, 0.15) is 23.8 Å². The standard InChI is InChI=1S/C35H43N2O/c1-22(2)29-15-11-16-30(23(3)4)33(29)36-19-20-37(35(36)28-14-10-13-27(21-28)26(9)38)34-31(24(5)6)17-12-18-32(34)25(7)8/h10-25H,1-9H3/q+1. The molecule has 0 radical (unpaired) electrons. The van der Waals surface area contributed by atoms with Gasteiger partial charge in [-0.2, -0.15) is 9.13 Å². The molecule has 3 aromatic carbocycles. The van der Waals surface area contributed by atoms with Gasteiger partial charge in [-0.25, -0.2) is 0 Å². The molecule has 1 heterocycles. The SMILES string of the molecule is CC(=O)c1cccc(-c2n(-c3c(C(C)C)cccc3C(C)C)cc[n+]2-c2c(C(C)C)cccc2C(C)C)c1. The second-order valence-electron chi connectivity index (χ2n) is 11.7. The lowest BCUT2D eigenvalue weighted by molar-refractivity contribution is -0.584. The Kier molecular flexibility index (Phi) is 8.06. The fourth-order valence-corrected chi connectivity index (χ4v) is 5.49. The van der Waals surface area contributed by atoms with Crippen molar-refractivity contribution < 1.29 is 9.36 Å². The molecule has 0 spiro atoms. The maximum absolute atomic E-state index is 12.4. The van der Waals surface area contributed by atoms with Crippen LogP contribution in [0.1, 0.15) is 119 Å². The minimum absolute atomic E-state index is 0.0763. The van der Waals surface area contributed by atoms with Crippen molar-refractivity contribution in [1.29, 1.82) is 0 Å². The van der Waals surface area contributed by atoms with E-state index in [9.17, 15) is 4.79 Å². The molecule has 0 fully saturated rings. The zero-order valence-corrected chi connectivity index (χ0v) is 24.5. The third kappa shape index (κ3) is 5.12. The number of rotatable bonds is 8. The summed E-state index contributed by atoms with van der Waals surface area (Å²) in [6.07, 6.45) is 4.42. The van der Waals surface area contributed by atoms with Crippen molar-refractivity contribution in [3.8, 4) is 22.8 Å². The molecule has 3 nitrogen and oxygen atoms in total. The summed E-state index contributed by atoms with van der Waals surface area (Å²) < 4.78 is 4.73. The molecule has 0 aliphatic rings. The number of benzene rings is 3. The molecule has 0 saturated carbocycles. The molecule has 0 atom stereocenters. The van der Waals surface area contributed by atoms with Crippen molar-refractivity contribution in [2.24, 2.45) is 0 Å². The molecule has 0 unspecified atom stereocenters. The lowest BCUT2D eigenvalue weighted by atomic mass is 9.92. The minimum Gasteiger partial charge on any atom is -0.295 e. The molecule has 4 rings (SSSR count). The Bertz CT molecular complexity index is 1320. The highest BCUT2D eigenvalue weighted by molar-refractivity contribution is 5.95. The predicted molar refractivity (Wildman–Crippen MR) is 159 cm³/mol. The van der Waals surface area contributed by atoms with Crippen molar-refractivity contribution in [1.82, 2.24) is 4.57 Å². The summed E-state index contributed by atoms with van der Waals surface area (Å²) in [5.74, 6) is 2.61. The number of carbonyl (C=O) groups is 1. The first-order valence-electron chi connectivity index (χ1n) is 14.0. The quantitative estimate of drug-likeness (QED) is 0.172. The Morgan fingerprint density at radius 1 is 0.684 bits per heavy atom. The van der Waals surface area contributed by atoms with E-state index in [0.717, 1.165) is 17.0 Å². The van der Waals surface area contributed by atoms with Crippen LogP contribution < -0.4 is 4.57 Å². The summed E-state index contributed by atoms with van der Waals surface area (Å²) in [5, 5.41) is 0. The lowest BCUT2D eigenvalue weighted by Gasteiger charge is -2.20. The average molecular weight is 508 g/mol. The van der Waals surface area contributed by atoms with Gasteiger partial charge in [0.25, 0.3) is 5.82 Å². The first-order valence-corrected chi connectivity index (χ1v) is 14.0. The van der Waals surface area contributed by atoms with E-state index in [2.05, 4.69) is 119 Å². The van der Waals surface area contributed by atoms with E-state index in [-0.39, 0.29) is 5.78 Å². The number of Topliss-reactive ketones (excluding diaryl/α,β-unsaturated/α-hetero) is 1. The van der Waals surface area contributed by atoms with Crippen LogP contribution in [0.15, 0.2) is 73.1 Å². The molecule has 198 valence electrons. The molecule has 4 aromatic rings. The smallest absolute Gasteiger partial charge is 0.295 e. The number of nitrogens with zero attached hydrogens (tertiary/aromatic N) is 2. The summed E-state index contributed by atoms with van der Waals surface area (Å²) in [6, 6.07) is 21.5. The fourth-order valence-electron chi connectivity index (χ4n) is 5.49. The first-order chi connectivity index (χ1) is 18.0. The molecule has 0 saturated heterocycles. The topological polar surface area (TPSA) is 25.9 Å². The van der Waals surface area contributed by atoms with Crippen LogP contribution in [0.5, 0.6) is 0 Å². The summed E-state index contributed by atoms with van der Waals surface area (Å²) in [6.45, 7) is 19.8. The van der Waals surface area contributed by atoms with Crippen LogP contribution in [0.4, 0.5) is 0 Å². The summed E-state index contributed by atoms with van der Waals surface area (Å²) in [5.41, 5.74) is 9.54.